The van der Waals surface area contributed by atoms with Crippen LogP contribution in [-0.4, -0.2) is 74.0 Å². The van der Waals surface area contributed by atoms with E-state index >= 15 is 0 Å². The lowest BCUT2D eigenvalue weighted by atomic mass is 10.1. The van der Waals surface area contributed by atoms with Crippen LogP contribution in [-0.2, 0) is 9.59 Å². The monoisotopic (exact) mass is 268 g/mol. The van der Waals surface area contributed by atoms with E-state index in [9.17, 15) is 9.59 Å². The fourth-order valence-corrected chi connectivity index (χ4v) is 2.56. The molecule has 0 bridgehead atoms. The zero-order valence-corrected chi connectivity index (χ0v) is 11.5. The number of hydrogen-bond acceptors (Lipinski definition) is 4. The van der Waals surface area contributed by atoms with Crippen molar-refractivity contribution in [2.75, 3.05) is 52.4 Å². The highest BCUT2D eigenvalue weighted by atomic mass is 16.2. The van der Waals surface area contributed by atoms with Gasteiger partial charge in [0.2, 0.25) is 11.8 Å². The first-order chi connectivity index (χ1) is 9.25. The topological polar surface area (TPSA) is 64.7 Å². The van der Waals surface area contributed by atoms with Crippen LogP contribution in [0, 0.1) is 0 Å². The SMILES string of the molecule is O=C(CN1CCNCC1)NCC(=O)N1CCCCC1. The summed E-state index contributed by atoms with van der Waals surface area (Å²) in [6.45, 7) is 5.87. The highest BCUT2D eigenvalue weighted by Gasteiger charge is 2.18. The molecular formula is C13H24N4O2. The van der Waals surface area contributed by atoms with Gasteiger partial charge in [-0.3, -0.25) is 14.5 Å². The molecule has 19 heavy (non-hydrogen) atoms. The lowest BCUT2D eigenvalue weighted by molar-refractivity contribution is -0.133. The van der Waals surface area contributed by atoms with E-state index in [4.69, 9.17) is 0 Å². The minimum atomic E-state index is -0.0488. The third kappa shape index (κ3) is 4.80. The van der Waals surface area contributed by atoms with E-state index in [1.807, 2.05) is 4.90 Å². The molecule has 0 saturated carbocycles. The highest BCUT2D eigenvalue weighted by Crippen LogP contribution is 2.08. The fourth-order valence-electron chi connectivity index (χ4n) is 2.56. The summed E-state index contributed by atoms with van der Waals surface area (Å²) in [5.74, 6) is 0.000574. The van der Waals surface area contributed by atoms with E-state index in [0.29, 0.717) is 6.54 Å². The number of nitrogens with zero attached hydrogens (tertiary/aromatic N) is 2. The van der Waals surface area contributed by atoms with Gasteiger partial charge in [0.15, 0.2) is 0 Å². The third-order valence-electron chi connectivity index (χ3n) is 3.72. The van der Waals surface area contributed by atoms with Crippen LogP contribution in [0.2, 0.25) is 0 Å². The number of piperazine rings is 1. The van der Waals surface area contributed by atoms with Crippen molar-refractivity contribution in [3.8, 4) is 0 Å². The maximum absolute atomic E-state index is 11.9. The molecule has 108 valence electrons. The molecule has 0 atom stereocenters. The van der Waals surface area contributed by atoms with E-state index < -0.39 is 0 Å². The fraction of sp³-hybridized carbons (Fsp3) is 0.846. The van der Waals surface area contributed by atoms with Gasteiger partial charge in [0.05, 0.1) is 13.1 Å². The van der Waals surface area contributed by atoms with Gasteiger partial charge >= 0.3 is 0 Å². The van der Waals surface area contributed by atoms with Crippen LogP contribution >= 0.6 is 0 Å². The number of piperidine rings is 1. The molecule has 0 spiro atoms. The van der Waals surface area contributed by atoms with Crippen molar-refractivity contribution in [2.45, 2.75) is 19.3 Å². The summed E-state index contributed by atoms with van der Waals surface area (Å²) in [6, 6.07) is 0. The van der Waals surface area contributed by atoms with Crippen LogP contribution < -0.4 is 10.6 Å². The minimum Gasteiger partial charge on any atom is -0.346 e. The van der Waals surface area contributed by atoms with E-state index in [1.165, 1.54) is 6.42 Å². The maximum Gasteiger partial charge on any atom is 0.241 e. The molecule has 0 aromatic carbocycles. The summed E-state index contributed by atoms with van der Waals surface area (Å²) in [7, 11) is 0. The Morgan fingerprint density at radius 3 is 2.37 bits per heavy atom. The van der Waals surface area contributed by atoms with Gasteiger partial charge in [-0.25, -0.2) is 0 Å². The average molecular weight is 268 g/mol. The number of nitrogens with one attached hydrogen (secondary N) is 2. The Morgan fingerprint density at radius 2 is 1.68 bits per heavy atom. The predicted octanol–water partition coefficient (Wildman–Crippen LogP) is -0.980. The van der Waals surface area contributed by atoms with Crippen molar-refractivity contribution < 1.29 is 9.59 Å². The van der Waals surface area contributed by atoms with Crippen LogP contribution in [0.4, 0.5) is 0 Å². The maximum atomic E-state index is 11.9. The highest BCUT2D eigenvalue weighted by molar-refractivity contribution is 5.85. The normalized spacial score (nSPS) is 21.2. The van der Waals surface area contributed by atoms with Crippen LogP contribution in [0.5, 0.6) is 0 Å². The zero-order chi connectivity index (χ0) is 13.5. The van der Waals surface area contributed by atoms with Crippen molar-refractivity contribution in [1.29, 1.82) is 0 Å². The molecule has 2 amide bonds. The van der Waals surface area contributed by atoms with Crippen LogP contribution in [0.15, 0.2) is 0 Å². The molecule has 0 radical (unpaired) electrons. The summed E-state index contributed by atoms with van der Waals surface area (Å²) in [6.07, 6.45) is 3.38. The van der Waals surface area contributed by atoms with Gasteiger partial charge < -0.3 is 15.5 Å². The largest absolute Gasteiger partial charge is 0.346 e. The Kier molecular flexibility index (Phi) is 5.60. The second-order valence-electron chi connectivity index (χ2n) is 5.24. The lowest BCUT2D eigenvalue weighted by Crippen LogP contribution is -2.49. The predicted molar refractivity (Wildman–Crippen MR) is 72.8 cm³/mol. The van der Waals surface area contributed by atoms with Crippen molar-refractivity contribution in [1.82, 2.24) is 20.4 Å². The van der Waals surface area contributed by atoms with Crippen LogP contribution in [0.1, 0.15) is 19.3 Å². The average Bonchev–Trinajstić information content (AvgIpc) is 2.47. The molecule has 2 fully saturated rings. The van der Waals surface area contributed by atoms with Crippen LogP contribution in [0.25, 0.3) is 0 Å². The molecular weight excluding hydrogens is 244 g/mol. The molecule has 2 N–H and O–H groups in total. The number of carbonyl (C=O) groups is 2. The summed E-state index contributed by atoms with van der Waals surface area (Å²) in [5.41, 5.74) is 0. The standard InChI is InChI=1S/C13H24N4O2/c18-12(11-16-8-4-14-5-9-16)15-10-13(19)17-6-2-1-3-7-17/h14H,1-11H2,(H,15,18). The Labute approximate surface area is 114 Å². The minimum absolute atomic E-state index is 0.0488. The second kappa shape index (κ2) is 7.45. The van der Waals surface area contributed by atoms with Gasteiger partial charge in [-0.15, -0.1) is 0 Å². The molecule has 6 nitrogen and oxygen atoms in total. The Morgan fingerprint density at radius 1 is 1.00 bits per heavy atom. The first kappa shape index (κ1) is 14.3. The molecule has 0 aromatic rings. The molecule has 0 aliphatic carbocycles. The van der Waals surface area contributed by atoms with Crippen molar-refractivity contribution in [3.05, 3.63) is 0 Å². The molecule has 2 heterocycles. The van der Waals surface area contributed by atoms with Gasteiger partial charge in [-0.1, -0.05) is 0 Å². The summed E-state index contributed by atoms with van der Waals surface area (Å²) >= 11 is 0. The molecule has 0 unspecified atom stereocenters. The Bertz CT molecular complexity index is 310. The molecule has 2 aliphatic heterocycles. The van der Waals surface area contributed by atoms with Crippen molar-refractivity contribution in [2.24, 2.45) is 0 Å². The van der Waals surface area contributed by atoms with Gasteiger partial charge in [0.25, 0.3) is 0 Å². The summed E-state index contributed by atoms with van der Waals surface area (Å²) < 4.78 is 0. The number of rotatable bonds is 4. The molecule has 6 heteroatoms. The van der Waals surface area contributed by atoms with E-state index in [-0.39, 0.29) is 18.4 Å². The van der Waals surface area contributed by atoms with Crippen molar-refractivity contribution in [3.63, 3.8) is 0 Å². The number of amides is 2. The second-order valence-corrected chi connectivity index (χ2v) is 5.24. The first-order valence-electron chi connectivity index (χ1n) is 7.23. The molecule has 2 aliphatic rings. The van der Waals surface area contributed by atoms with E-state index in [0.717, 1.165) is 52.1 Å². The lowest BCUT2D eigenvalue weighted by Gasteiger charge is -2.28. The first-order valence-corrected chi connectivity index (χ1v) is 7.23. The number of likely N-dealkylation sites (tertiary alicyclic amines) is 1. The molecule has 2 rings (SSSR count). The smallest absolute Gasteiger partial charge is 0.241 e. The van der Waals surface area contributed by atoms with Gasteiger partial charge in [-0.2, -0.15) is 0 Å². The van der Waals surface area contributed by atoms with E-state index in [1.54, 1.807) is 0 Å². The molecule has 2 saturated heterocycles. The number of hydrogen-bond donors (Lipinski definition) is 2. The zero-order valence-electron chi connectivity index (χ0n) is 11.5. The number of carbonyl (C=O) groups excluding carboxylic acids is 2. The van der Waals surface area contributed by atoms with Gasteiger partial charge in [0.1, 0.15) is 0 Å². The Hall–Kier alpha value is -1.14. The molecule has 0 aromatic heterocycles. The summed E-state index contributed by atoms with van der Waals surface area (Å²) in [5, 5.41) is 5.98. The van der Waals surface area contributed by atoms with E-state index in [2.05, 4.69) is 15.5 Å². The third-order valence-corrected chi connectivity index (χ3v) is 3.72. The van der Waals surface area contributed by atoms with Crippen LogP contribution in [0.3, 0.4) is 0 Å². The Balaban J connectivity index is 1.63. The van der Waals surface area contributed by atoms with Crippen molar-refractivity contribution >= 4 is 11.8 Å². The quantitative estimate of drug-likeness (QED) is 0.688. The summed E-state index contributed by atoms with van der Waals surface area (Å²) in [4.78, 5) is 27.6. The van der Waals surface area contributed by atoms with Gasteiger partial charge in [0, 0.05) is 39.3 Å². The van der Waals surface area contributed by atoms with Gasteiger partial charge in [-0.05, 0) is 19.3 Å².